The van der Waals surface area contributed by atoms with Crippen LogP contribution in [0.1, 0.15) is 139 Å². The minimum atomic E-state index is 0.173. The molecule has 0 radical (unpaired) electrons. The molecule has 4 nitrogen and oxygen atoms in total. The molecule has 0 bridgehead atoms. The molecule has 7 atom stereocenters. The number of piperidine rings is 1. The molecular formula is C37H57ClN2O2. The van der Waals surface area contributed by atoms with Crippen molar-refractivity contribution in [2.75, 3.05) is 13.6 Å². The van der Waals surface area contributed by atoms with E-state index >= 15 is 0 Å². The Morgan fingerprint density at radius 3 is 2.24 bits per heavy atom. The van der Waals surface area contributed by atoms with Crippen LogP contribution in [0.15, 0.2) is 24.3 Å². The minimum Gasteiger partial charge on any atom is -0.342 e. The molecule has 1 aliphatic heterocycles. The predicted octanol–water partition coefficient (Wildman–Crippen LogP) is 9.24. The summed E-state index contributed by atoms with van der Waals surface area (Å²) in [6.07, 6.45) is 19.2. The fourth-order valence-corrected chi connectivity index (χ4v) is 10.5. The van der Waals surface area contributed by atoms with Gasteiger partial charge in [0.1, 0.15) is 0 Å². The summed E-state index contributed by atoms with van der Waals surface area (Å²) in [6.45, 7) is 8.20. The SMILES string of the molecule is CCCCCCCCCCN(C(=O)c1ccc(CCl)cc1)[C@H]1CC[C@H]2[C@@H]3CC[C@H]4N(C)C(=O)CC[C@]4(C)[C@H]3CC[C@]12C. The molecule has 5 heteroatoms. The van der Waals surface area contributed by atoms with E-state index in [2.05, 4.69) is 37.6 Å². The van der Waals surface area contributed by atoms with Crippen LogP contribution < -0.4 is 0 Å². The summed E-state index contributed by atoms with van der Waals surface area (Å²) in [6, 6.07) is 8.74. The van der Waals surface area contributed by atoms with Gasteiger partial charge in [-0.05, 0) is 97.6 Å². The number of carbonyl (C=O) groups excluding carboxylic acids is 2. The van der Waals surface area contributed by atoms with E-state index in [1.54, 1.807) is 0 Å². The Morgan fingerprint density at radius 1 is 0.881 bits per heavy atom. The van der Waals surface area contributed by atoms with E-state index in [4.69, 9.17) is 11.6 Å². The van der Waals surface area contributed by atoms with E-state index in [9.17, 15) is 9.59 Å². The summed E-state index contributed by atoms with van der Waals surface area (Å²) < 4.78 is 0. The van der Waals surface area contributed by atoms with Gasteiger partial charge < -0.3 is 9.80 Å². The maximum atomic E-state index is 14.2. The standard InChI is InChI=1S/C37H57ClN2O2/c1-5-6-7-8-9-10-11-12-25-40(35(42)28-15-13-27(26-38)14-16-28)33-20-18-30-29-17-19-32-36(2,24-22-34(41)39(32)4)31(29)21-23-37(30,33)3/h13-16,29-33H,5-12,17-26H2,1-4H3/t29-,30-,31-,32+,33-,36+,37-/m0/s1. The van der Waals surface area contributed by atoms with Crippen molar-refractivity contribution < 1.29 is 9.59 Å². The van der Waals surface area contributed by atoms with Gasteiger partial charge in [0, 0.05) is 43.5 Å². The smallest absolute Gasteiger partial charge is 0.254 e. The maximum absolute atomic E-state index is 14.2. The summed E-state index contributed by atoms with van der Waals surface area (Å²) in [5.41, 5.74) is 2.29. The highest BCUT2D eigenvalue weighted by Crippen LogP contribution is 2.65. The molecule has 5 rings (SSSR count). The van der Waals surface area contributed by atoms with E-state index in [1.807, 2.05) is 24.3 Å². The van der Waals surface area contributed by atoms with Crippen LogP contribution >= 0.6 is 11.6 Å². The van der Waals surface area contributed by atoms with Gasteiger partial charge in [-0.3, -0.25) is 9.59 Å². The largest absolute Gasteiger partial charge is 0.342 e. The van der Waals surface area contributed by atoms with E-state index in [0.717, 1.165) is 49.3 Å². The number of likely N-dealkylation sites (tertiary alicyclic amines) is 1. The van der Waals surface area contributed by atoms with Gasteiger partial charge in [-0.15, -0.1) is 11.6 Å². The summed E-state index contributed by atoms with van der Waals surface area (Å²) in [5.74, 6) is 3.13. The average Bonchev–Trinajstić information content (AvgIpc) is 3.35. The summed E-state index contributed by atoms with van der Waals surface area (Å²) in [7, 11) is 2.05. The van der Waals surface area contributed by atoms with Crippen molar-refractivity contribution in [3.05, 3.63) is 35.4 Å². The van der Waals surface area contributed by atoms with Crippen LogP contribution in [-0.2, 0) is 10.7 Å². The van der Waals surface area contributed by atoms with Crippen molar-refractivity contribution in [1.82, 2.24) is 9.80 Å². The van der Waals surface area contributed by atoms with Gasteiger partial charge in [0.05, 0.1) is 0 Å². The van der Waals surface area contributed by atoms with Crippen LogP contribution in [0, 0.1) is 28.6 Å². The predicted molar refractivity (Wildman–Crippen MR) is 174 cm³/mol. The fraction of sp³-hybridized carbons (Fsp3) is 0.784. The lowest BCUT2D eigenvalue weighted by Crippen LogP contribution is -2.62. The van der Waals surface area contributed by atoms with Crippen molar-refractivity contribution in [3.63, 3.8) is 0 Å². The molecule has 3 aliphatic carbocycles. The molecule has 234 valence electrons. The van der Waals surface area contributed by atoms with E-state index in [-0.39, 0.29) is 16.7 Å². The van der Waals surface area contributed by atoms with Crippen LogP contribution in [0.25, 0.3) is 0 Å². The molecule has 2 amide bonds. The van der Waals surface area contributed by atoms with Gasteiger partial charge in [-0.25, -0.2) is 0 Å². The summed E-state index contributed by atoms with van der Waals surface area (Å²) >= 11 is 6.07. The highest BCUT2D eigenvalue weighted by atomic mass is 35.5. The Bertz CT molecular complexity index is 1070. The van der Waals surface area contributed by atoms with Crippen LogP contribution in [0.2, 0.25) is 0 Å². The molecule has 1 saturated heterocycles. The molecule has 0 N–H and O–H groups in total. The first-order valence-electron chi connectivity index (χ1n) is 17.5. The van der Waals surface area contributed by atoms with Crippen LogP contribution in [0.5, 0.6) is 0 Å². The van der Waals surface area contributed by atoms with Crippen molar-refractivity contribution in [1.29, 1.82) is 0 Å². The van der Waals surface area contributed by atoms with Gasteiger partial charge in [0.25, 0.3) is 5.91 Å². The second-order valence-electron chi connectivity index (χ2n) is 14.9. The average molecular weight is 597 g/mol. The van der Waals surface area contributed by atoms with Crippen LogP contribution in [-0.4, -0.2) is 47.3 Å². The Morgan fingerprint density at radius 2 is 1.55 bits per heavy atom. The molecule has 1 aromatic rings. The van der Waals surface area contributed by atoms with E-state index in [1.165, 1.54) is 70.6 Å². The third-order valence-corrected chi connectivity index (χ3v) is 13.1. The van der Waals surface area contributed by atoms with Crippen LogP contribution in [0.3, 0.4) is 0 Å². The third kappa shape index (κ3) is 6.04. The second-order valence-corrected chi connectivity index (χ2v) is 15.2. The molecule has 4 fully saturated rings. The first kappa shape index (κ1) is 31.9. The van der Waals surface area contributed by atoms with E-state index < -0.39 is 0 Å². The van der Waals surface area contributed by atoms with Gasteiger partial charge in [-0.1, -0.05) is 77.8 Å². The van der Waals surface area contributed by atoms with Crippen molar-refractivity contribution in [3.8, 4) is 0 Å². The summed E-state index contributed by atoms with van der Waals surface area (Å²) in [5, 5.41) is 0. The molecule has 1 aromatic carbocycles. The fourth-order valence-electron chi connectivity index (χ4n) is 10.4. The number of amides is 2. The van der Waals surface area contributed by atoms with Crippen molar-refractivity contribution in [2.45, 2.75) is 141 Å². The Balaban J connectivity index is 1.31. The molecule has 4 aliphatic rings. The quantitative estimate of drug-likeness (QED) is 0.178. The number of hydrogen-bond donors (Lipinski definition) is 0. The maximum Gasteiger partial charge on any atom is 0.254 e. The number of rotatable bonds is 12. The number of benzene rings is 1. The van der Waals surface area contributed by atoms with Crippen LogP contribution in [0.4, 0.5) is 0 Å². The first-order valence-corrected chi connectivity index (χ1v) is 18.0. The van der Waals surface area contributed by atoms with Crippen molar-refractivity contribution >= 4 is 23.4 Å². The molecule has 0 aromatic heterocycles. The van der Waals surface area contributed by atoms with Gasteiger partial charge >= 0.3 is 0 Å². The van der Waals surface area contributed by atoms with Gasteiger partial charge in [0.15, 0.2) is 0 Å². The first-order chi connectivity index (χ1) is 20.2. The molecule has 42 heavy (non-hydrogen) atoms. The number of halogens is 1. The topological polar surface area (TPSA) is 40.6 Å². The molecule has 1 heterocycles. The lowest BCUT2D eigenvalue weighted by atomic mass is 9.47. The number of nitrogens with zero attached hydrogens (tertiary/aromatic N) is 2. The van der Waals surface area contributed by atoms with Crippen molar-refractivity contribution in [2.24, 2.45) is 28.6 Å². The van der Waals surface area contributed by atoms with Gasteiger partial charge in [0.2, 0.25) is 5.91 Å². The Kier molecular flexibility index (Phi) is 10.3. The molecule has 0 unspecified atom stereocenters. The second kappa shape index (κ2) is 13.6. The highest BCUT2D eigenvalue weighted by molar-refractivity contribution is 6.17. The number of carbonyl (C=O) groups is 2. The lowest BCUT2D eigenvalue weighted by Gasteiger charge is -2.62. The van der Waals surface area contributed by atoms with Gasteiger partial charge in [-0.2, -0.15) is 0 Å². The zero-order chi connectivity index (χ0) is 29.9. The monoisotopic (exact) mass is 596 g/mol. The Labute approximate surface area is 261 Å². The zero-order valence-corrected chi connectivity index (χ0v) is 27.8. The molecule has 3 saturated carbocycles. The lowest BCUT2D eigenvalue weighted by molar-refractivity contribution is -0.158. The zero-order valence-electron chi connectivity index (χ0n) is 27.0. The van der Waals surface area contributed by atoms with E-state index in [0.29, 0.717) is 42.1 Å². The normalized spacial score (nSPS) is 34.1. The highest BCUT2D eigenvalue weighted by Gasteiger charge is 2.62. The molecular weight excluding hydrogens is 540 g/mol. The third-order valence-electron chi connectivity index (χ3n) is 12.8. The molecule has 0 spiro atoms. The number of fused-ring (bicyclic) bond motifs is 5. The number of unbranched alkanes of at least 4 members (excludes halogenated alkanes) is 7. The summed E-state index contributed by atoms with van der Waals surface area (Å²) in [4.78, 5) is 31.2. The Hall–Kier alpha value is -1.55. The minimum absolute atomic E-state index is 0.173. The number of hydrogen-bond acceptors (Lipinski definition) is 2. The number of alkyl halides is 1.